The zero-order valence-corrected chi connectivity index (χ0v) is 25.1. The Balaban J connectivity index is 1.78. The summed E-state index contributed by atoms with van der Waals surface area (Å²) in [6, 6.07) is 46.4. The first-order chi connectivity index (χ1) is 21.8. The third-order valence-electron chi connectivity index (χ3n) is 8.23. The fourth-order valence-electron chi connectivity index (χ4n) is 6.51. The molecule has 2 heterocycles. The minimum absolute atomic E-state index is 0.670. The largest absolute Gasteiger partial charge is 0.297 e. The maximum absolute atomic E-state index is 12.2. The van der Waals surface area contributed by atoms with Crippen LogP contribution in [0.5, 0.6) is 0 Å². The topological polar surface area (TPSA) is 34.1 Å². The Morgan fingerprint density at radius 2 is 0.682 bits per heavy atom. The molecule has 44 heavy (non-hydrogen) atoms. The first-order valence-corrected chi connectivity index (χ1v) is 16.0. The summed E-state index contributed by atoms with van der Waals surface area (Å²) in [6.07, 6.45) is 1.88. The van der Waals surface area contributed by atoms with Crippen LogP contribution in [0.3, 0.4) is 0 Å². The molecule has 0 fully saturated rings. The van der Waals surface area contributed by atoms with Gasteiger partial charge in [-0.15, -0.1) is 22.7 Å². The summed E-state index contributed by atoms with van der Waals surface area (Å²) in [4.78, 5) is 25.8. The lowest BCUT2D eigenvalue weighted by Crippen LogP contribution is -1.98. The highest BCUT2D eigenvalue weighted by molar-refractivity contribution is 7.28. The van der Waals surface area contributed by atoms with Crippen molar-refractivity contribution in [3.63, 3.8) is 0 Å². The fraction of sp³-hybridized carbons (Fsp3) is 0. The van der Waals surface area contributed by atoms with E-state index in [1.165, 1.54) is 22.7 Å². The first-order valence-electron chi connectivity index (χ1n) is 14.4. The molecule has 2 nitrogen and oxygen atoms in total. The van der Waals surface area contributed by atoms with Crippen molar-refractivity contribution >= 4 is 66.2 Å². The first kappa shape index (κ1) is 26.5. The quantitative estimate of drug-likeness (QED) is 0.178. The highest BCUT2D eigenvalue weighted by atomic mass is 32.1. The molecule has 2 aromatic heterocycles. The van der Waals surface area contributed by atoms with E-state index < -0.39 is 0 Å². The third kappa shape index (κ3) is 4.15. The van der Waals surface area contributed by atoms with Gasteiger partial charge in [-0.05, 0) is 56.6 Å². The van der Waals surface area contributed by atoms with E-state index in [-0.39, 0.29) is 0 Å². The van der Waals surface area contributed by atoms with E-state index in [2.05, 4.69) is 109 Å². The number of hydrogen-bond acceptors (Lipinski definition) is 4. The molecule has 208 valence electrons. The highest BCUT2D eigenvalue weighted by Gasteiger charge is 2.28. The van der Waals surface area contributed by atoms with E-state index in [1.807, 2.05) is 24.3 Å². The van der Waals surface area contributed by atoms with Gasteiger partial charge in [-0.2, -0.15) is 0 Å². The molecule has 0 unspecified atom stereocenters. The average molecular weight is 601 g/mol. The van der Waals surface area contributed by atoms with Crippen molar-refractivity contribution in [2.75, 3.05) is 0 Å². The van der Waals surface area contributed by atoms with Crippen LogP contribution in [0.1, 0.15) is 19.3 Å². The molecule has 0 saturated carbocycles. The van der Waals surface area contributed by atoms with E-state index in [4.69, 9.17) is 0 Å². The minimum Gasteiger partial charge on any atom is -0.297 e. The van der Waals surface area contributed by atoms with Crippen molar-refractivity contribution < 1.29 is 9.59 Å². The average Bonchev–Trinajstić information content (AvgIpc) is 3.74. The Labute approximate surface area is 262 Å². The fourth-order valence-corrected chi connectivity index (χ4v) is 8.63. The van der Waals surface area contributed by atoms with Gasteiger partial charge in [0.15, 0.2) is 12.6 Å². The summed E-state index contributed by atoms with van der Waals surface area (Å²) in [5.41, 5.74) is 8.93. The van der Waals surface area contributed by atoms with Crippen LogP contribution in [0, 0.1) is 0 Å². The van der Waals surface area contributed by atoms with Crippen molar-refractivity contribution in [1.82, 2.24) is 0 Å². The Bertz CT molecular complexity index is 2170. The van der Waals surface area contributed by atoms with Gasteiger partial charge in [0.2, 0.25) is 0 Å². The number of carbonyl (C=O) groups is 2. The van der Waals surface area contributed by atoms with Crippen LogP contribution in [0.2, 0.25) is 0 Å². The summed E-state index contributed by atoms with van der Waals surface area (Å²) in [6.45, 7) is 0. The lowest BCUT2D eigenvalue weighted by Gasteiger charge is -2.25. The molecule has 4 heteroatoms. The zero-order chi connectivity index (χ0) is 29.6. The smallest absolute Gasteiger partial charge is 0.160 e. The number of aldehydes is 2. The lowest BCUT2D eigenvalue weighted by atomic mass is 9.77. The molecule has 0 atom stereocenters. The molecular formula is C40H24O2S2. The Hall–Kier alpha value is -5.16. The van der Waals surface area contributed by atoms with Gasteiger partial charge >= 0.3 is 0 Å². The monoisotopic (exact) mass is 600 g/mol. The molecule has 8 aromatic rings. The molecule has 0 amide bonds. The van der Waals surface area contributed by atoms with E-state index in [9.17, 15) is 9.59 Å². The second-order valence-corrected chi connectivity index (χ2v) is 12.9. The van der Waals surface area contributed by atoms with Gasteiger partial charge in [-0.25, -0.2) is 0 Å². The molecule has 0 radical (unpaired) electrons. The van der Waals surface area contributed by atoms with Crippen LogP contribution in [-0.4, -0.2) is 12.6 Å². The van der Waals surface area contributed by atoms with Crippen LogP contribution in [0.4, 0.5) is 0 Å². The summed E-state index contributed by atoms with van der Waals surface area (Å²) in [5, 5.41) is 4.25. The standard InChI is InChI=1S/C40H24O2S2/c41-23-29-21-31-37-35(27-17-9-3-10-18-27)33(25-13-5-1-6-14-25)34(26-15-7-2-8-16-26)36(28-19-11-4-12-20-28)38(37)32-22-30(24-42)44-40(32)39(31)43-29/h1-24H. The maximum atomic E-state index is 12.2. The van der Waals surface area contributed by atoms with E-state index in [0.29, 0.717) is 9.75 Å². The zero-order valence-electron chi connectivity index (χ0n) is 23.5. The SMILES string of the molecule is O=Cc1cc2c(s1)c1sc(C=O)cc1c1c(-c3ccccc3)c(-c3ccccc3)c(-c3ccccc3)c(-c3ccccc3)c21. The third-order valence-corrected chi connectivity index (χ3v) is 10.5. The summed E-state index contributed by atoms with van der Waals surface area (Å²) >= 11 is 3.00. The van der Waals surface area contributed by atoms with E-state index >= 15 is 0 Å². The van der Waals surface area contributed by atoms with Crippen molar-refractivity contribution in [3.05, 3.63) is 143 Å². The second kappa shape index (κ2) is 10.8. The van der Waals surface area contributed by atoms with Crippen molar-refractivity contribution in [1.29, 1.82) is 0 Å². The van der Waals surface area contributed by atoms with Gasteiger partial charge in [0.25, 0.3) is 0 Å². The Kier molecular flexibility index (Phi) is 6.52. The van der Waals surface area contributed by atoms with Crippen LogP contribution >= 0.6 is 22.7 Å². The number of thiophene rings is 2. The van der Waals surface area contributed by atoms with E-state index in [1.54, 1.807) is 0 Å². The van der Waals surface area contributed by atoms with Crippen molar-refractivity contribution in [3.8, 4) is 44.5 Å². The van der Waals surface area contributed by atoms with Gasteiger partial charge in [0, 0.05) is 21.5 Å². The Morgan fingerprint density at radius 3 is 0.977 bits per heavy atom. The summed E-state index contributed by atoms with van der Waals surface area (Å²) in [5.74, 6) is 0. The lowest BCUT2D eigenvalue weighted by molar-refractivity contribution is 0.111. The summed E-state index contributed by atoms with van der Waals surface area (Å²) < 4.78 is 2.07. The predicted molar refractivity (Wildman–Crippen MR) is 187 cm³/mol. The molecule has 0 N–H and O–H groups in total. The van der Waals surface area contributed by atoms with Gasteiger partial charge in [0.05, 0.1) is 19.2 Å². The second-order valence-electron chi connectivity index (χ2n) is 10.7. The molecule has 0 spiro atoms. The van der Waals surface area contributed by atoms with E-state index in [0.717, 1.165) is 88.0 Å². The highest BCUT2D eigenvalue weighted by Crippen LogP contribution is 2.56. The van der Waals surface area contributed by atoms with Gasteiger partial charge < -0.3 is 0 Å². The van der Waals surface area contributed by atoms with Gasteiger partial charge in [-0.1, -0.05) is 121 Å². The number of hydrogen-bond donors (Lipinski definition) is 0. The molecule has 0 bridgehead atoms. The number of rotatable bonds is 6. The summed E-state index contributed by atoms with van der Waals surface area (Å²) in [7, 11) is 0. The molecular weight excluding hydrogens is 577 g/mol. The molecule has 6 aromatic carbocycles. The Morgan fingerprint density at radius 1 is 0.386 bits per heavy atom. The van der Waals surface area contributed by atoms with Crippen LogP contribution in [0.15, 0.2) is 133 Å². The molecule has 0 aliphatic rings. The maximum Gasteiger partial charge on any atom is 0.160 e. The minimum atomic E-state index is 0.670. The number of fused-ring (bicyclic) bond motifs is 6. The normalized spacial score (nSPS) is 11.4. The molecule has 8 rings (SSSR count). The molecule has 0 aliphatic heterocycles. The van der Waals surface area contributed by atoms with Crippen LogP contribution in [0.25, 0.3) is 75.5 Å². The predicted octanol–water partition coefficient (Wildman–Crippen LogP) is 11.6. The molecule has 0 saturated heterocycles. The number of carbonyl (C=O) groups excluding carboxylic acids is 2. The van der Waals surface area contributed by atoms with Crippen molar-refractivity contribution in [2.24, 2.45) is 0 Å². The van der Waals surface area contributed by atoms with Gasteiger partial charge in [0.1, 0.15) is 0 Å². The van der Waals surface area contributed by atoms with Crippen molar-refractivity contribution in [2.45, 2.75) is 0 Å². The van der Waals surface area contributed by atoms with Gasteiger partial charge in [-0.3, -0.25) is 9.59 Å². The van der Waals surface area contributed by atoms with Crippen LogP contribution in [-0.2, 0) is 0 Å². The number of benzene rings is 6. The molecule has 0 aliphatic carbocycles. The van der Waals surface area contributed by atoms with Crippen LogP contribution < -0.4 is 0 Å².